The van der Waals surface area contributed by atoms with Crippen LogP contribution in [-0.2, 0) is 10.9 Å². The second kappa shape index (κ2) is 5.82. The van der Waals surface area contributed by atoms with Crippen LogP contribution in [-0.4, -0.2) is 42.8 Å². The zero-order valence-electron chi connectivity index (χ0n) is 11.4. The van der Waals surface area contributed by atoms with E-state index in [1.807, 2.05) is 6.92 Å². The third-order valence-electron chi connectivity index (χ3n) is 3.00. The summed E-state index contributed by atoms with van der Waals surface area (Å²) >= 11 is 0. The largest absolute Gasteiger partial charge is 0.451 e. The number of nitrogens with one attached hydrogen (secondary N) is 1. The molecule has 0 aromatic carbocycles. The van der Waals surface area contributed by atoms with Crippen molar-refractivity contribution in [1.82, 2.24) is 9.97 Å². The van der Waals surface area contributed by atoms with Gasteiger partial charge in [-0.1, -0.05) is 0 Å². The van der Waals surface area contributed by atoms with Crippen LogP contribution in [0.15, 0.2) is 6.07 Å². The molecule has 1 unspecified atom stereocenters. The summed E-state index contributed by atoms with van der Waals surface area (Å²) in [6.45, 7) is 3.62. The van der Waals surface area contributed by atoms with Crippen LogP contribution < -0.4 is 10.2 Å². The van der Waals surface area contributed by atoms with E-state index in [2.05, 4.69) is 15.3 Å². The first-order valence-electron chi connectivity index (χ1n) is 6.40. The molecule has 8 heteroatoms. The fourth-order valence-corrected chi connectivity index (χ4v) is 2.05. The standard InChI is InChI=1S/C12H17F3N4O/c1-8-7-19(4-3-5-20-8)10-6-9(16-2)17-11(18-10)12(13,14)15/h6,8H,3-5,7H2,1-2H3,(H,16,17,18). The second-order valence-electron chi connectivity index (χ2n) is 4.66. The Morgan fingerprint density at radius 3 is 2.80 bits per heavy atom. The maximum atomic E-state index is 12.8. The lowest BCUT2D eigenvalue weighted by Crippen LogP contribution is -2.31. The predicted octanol–water partition coefficient (Wildman–Crippen LogP) is 2.15. The van der Waals surface area contributed by atoms with E-state index >= 15 is 0 Å². The molecule has 1 saturated heterocycles. The van der Waals surface area contributed by atoms with Crippen LogP contribution in [0.5, 0.6) is 0 Å². The van der Waals surface area contributed by atoms with Gasteiger partial charge >= 0.3 is 6.18 Å². The van der Waals surface area contributed by atoms with E-state index in [1.54, 1.807) is 4.90 Å². The number of anilines is 2. The summed E-state index contributed by atoms with van der Waals surface area (Å²) in [5.41, 5.74) is 0. The molecule has 1 N–H and O–H groups in total. The maximum absolute atomic E-state index is 12.8. The molecule has 1 aliphatic heterocycles. The number of ether oxygens (including phenoxy) is 1. The number of hydrogen-bond acceptors (Lipinski definition) is 5. The molecule has 5 nitrogen and oxygen atoms in total. The van der Waals surface area contributed by atoms with E-state index in [1.165, 1.54) is 13.1 Å². The molecule has 1 fully saturated rings. The van der Waals surface area contributed by atoms with Crippen LogP contribution in [0.2, 0.25) is 0 Å². The molecule has 0 saturated carbocycles. The number of nitrogens with zero attached hydrogens (tertiary/aromatic N) is 3. The lowest BCUT2D eigenvalue weighted by atomic mass is 10.3. The second-order valence-corrected chi connectivity index (χ2v) is 4.66. The molecule has 1 aromatic rings. The highest BCUT2D eigenvalue weighted by molar-refractivity contribution is 5.49. The van der Waals surface area contributed by atoms with Gasteiger partial charge in [-0.15, -0.1) is 0 Å². The minimum Gasteiger partial charge on any atom is -0.377 e. The zero-order valence-corrected chi connectivity index (χ0v) is 11.4. The lowest BCUT2D eigenvalue weighted by molar-refractivity contribution is -0.144. The number of halogens is 3. The van der Waals surface area contributed by atoms with Crippen molar-refractivity contribution in [3.8, 4) is 0 Å². The molecule has 2 heterocycles. The van der Waals surface area contributed by atoms with Crippen LogP contribution in [0, 0.1) is 0 Å². The van der Waals surface area contributed by atoms with Crippen molar-refractivity contribution in [3.63, 3.8) is 0 Å². The van der Waals surface area contributed by atoms with Crippen LogP contribution in [0.25, 0.3) is 0 Å². The van der Waals surface area contributed by atoms with E-state index in [0.717, 1.165) is 6.42 Å². The van der Waals surface area contributed by atoms with Gasteiger partial charge in [0.2, 0.25) is 5.82 Å². The highest BCUT2D eigenvalue weighted by Gasteiger charge is 2.36. The summed E-state index contributed by atoms with van der Waals surface area (Å²) in [7, 11) is 1.53. The Bertz CT molecular complexity index is 467. The summed E-state index contributed by atoms with van der Waals surface area (Å²) in [5.74, 6) is -0.702. The highest BCUT2D eigenvalue weighted by Crippen LogP contribution is 2.29. The molecule has 1 aliphatic rings. The van der Waals surface area contributed by atoms with Crippen LogP contribution >= 0.6 is 0 Å². The molecule has 20 heavy (non-hydrogen) atoms. The Morgan fingerprint density at radius 1 is 1.40 bits per heavy atom. The van der Waals surface area contributed by atoms with Gasteiger partial charge in [0.25, 0.3) is 0 Å². The molecule has 0 amide bonds. The van der Waals surface area contributed by atoms with E-state index < -0.39 is 12.0 Å². The predicted molar refractivity (Wildman–Crippen MR) is 68.8 cm³/mol. The van der Waals surface area contributed by atoms with E-state index in [0.29, 0.717) is 19.7 Å². The molecular formula is C12H17F3N4O. The van der Waals surface area contributed by atoms with E-state index in [4.69, 9.17) is 4.74 Å². The molecule has 1 aromatic heterocycles. The van der Waals surface area contributed by atoms with Gasteiger partial charge in [0.15, 0.2) is 0 Å². The van der Waals surface area contributed by atoms with Crippen molar-refractivity contribution < 1.29 is 17.9 Å². The molecule has 0 bridgehead atoms. The van der Waals surface area contributed by atoms with Crippen LogP contribution in [0.3, 0.4) is 0 Å². The molecule has 1 atom stereocenters. The van der Waals surface area contributed by atoms with Crippen LogP contribution in [0.4, 0.5) is 24.8 Å². The summed E-state index contributed by atoms with van der Waals surface area (Å²) < 4.78 is 43.9. The Kier molecular flexibility index (Phi) is 4.32. The summed E-state index contributed by atoms with van der Waals surface area (Å²) in [4.78, 5) is 8.90. The number of alkyl halides is 3. The minimum absolute atomic E-state index is 0.0418. The average molecular weight is 290 g/mol. The Labute approximate surface area is 115 Å². The summed E-state index contributed by atoms with van der Waals surface area (Å²) in [6, 6.07) is 1.52. The number of hydrogen-bond donors (Lipinski definition) is 1. The normalized spacial score (nSPS) is 20.6. The van der Waals surface area contributed by atoms with Gasteiger partial charge in [-0.25, -0.2) is 9.97 Å². The molecule has 0 spiro atoms. The molecule has 2 rings (SSSR count). The first kappa shape index (κ1) is 14.8. The van der Waals surface area contributed by atoms with Crippen LogP contribution in [0.1, 0.15) is 19.2 Å². The van der Waals surface area contributed by atoms with Crippen molar-refractivity contribution >= 4 is 11.6 Å². The van der Waals surface area contributed by atoms with Crippen molar-refractivity contribution in [2.75, 3.05) is 37.0 Å². The van der Waals surface area contributed by atoms with Gasteiger partial charge in [-0.2, -0.15) is 13.2 Å². The fraction of sp³-hybridized carbons (Fsp3) is 0.667. The topological polar surface area (TPSA) is 50.3 Å². The molecule has 0 aliphatic carbocycles. The van der Waals surface area contributed by atoms with Crippen molar-refractivity contribution in [3.05, 3.63) is 11.9 Å². The number of rotatable bonds is 2. The fourth-order valence-electron chi connectivity index (χ4n) is 2.05. The Morgan fingerprint density at radius 2 is 2.15 bits per heavy atom. The first-order valence-corrected chi connectivity index (χ1v) is 6.40. The van der Waals surface area contributed by atoms with Crippen molar-refractivity contribution in [2.24, 2.45) is 0 Å². The Balaban J connectivity index is 2.34. The summed E-state index contributed by atoms with van der Waals surface area (Å²) in [5, 5.41) is 2.64. The van der Waals surface area contributed by atoms with Gasteiger partial charge in [0, 0.05) is 32.8 Å². The SMILES string of the molecule is CNc1cc(N2CCCOC(C)C2)nc(C(F)(F)F)n1. The molecular weight excluding hydrogens is 273 g/mol. The minimum atomic E-state index is -4.56. The van der Waals surface area contributed by atoms with E-state index in [-0.39, 0.29) is 17.7 Å². The average Bonchev–Trinajstić information content (AvgIpc) is 2.62. The van der Waals surface area contributed by atoms with Gasteiger partial charge in [-0.3, -0.25) is 0 Å². The maximum Gasteiger partial charge on any atom is 0.451 e. The van der Waals surface area contributed by atoms with Gasteiger partial charge in [0.1, 0.15) is 11.6 Å². The van der Waals surface area contributed by atoms with Gasteiger partial charge in [-0.05, 0) is 13.3 Å². The zero-order chi connectivity index (χ0) is 14.8. The third kappa shape index (κ3) is 3.50. The lowest BCUT2D eigenvalue weighted by Gasteiger charge is -2.24. The monoisotopic (exact) mass is 290 g/mol. The highest BCUT2D eigenvalue weighted by atomic mass is 19.4. The molecule has 0 radical (unpaired) electrons. The van der Waals surface area contributed by atoms with Crippen molar-refractivity contribution in [1.29, 1.82) is 0 Å². The first-order chi connectivity index (χ1) is 9.40. The molecule has 112 valence electrons. The van der Waals surface area contributed by atoms with Gasteiger partial charge < -0.3 is 15.0 Å². The third-order valence-corrected chi connectivity index (χ3v) is 3.00. The van der Waals surface area contributed by atoms with Gasteiger partial charge in [0.05, 0.1) is 6.10 Å². The smallest absolute Gasteiger partial charge is 0.377 e. The Hall–Kier alpha value is -1.57. The quantitative estimate of drug-likeness (QED) is 0.904. The summed E-state index contributed by atoms with van der Waals surface area (Å²) in [6.07, 6.45) is -3.85. The van der Waals surface area contributed by atoms with Crippen molar-refractivity contribution in [2.45, 2.75) is 25.6 Å². The van der Waals surface area contributed by atoms with E-state index in [9.17, 15) is 13.2 Å². The number of aromatic nitrogens is 2.